The van der Waals surface area contributed by atoms with Crippen molar-refractivity contribution in [2.45, 2.75) is 44.7 Å². The average molecular weight is 318 g/mol. The molecule has 0 spiro atoms. The molecule has 0 radical (unpaired) electrons. The lowest BCUT2D eigenvalue weighted by Crippen LogP contribution is -2.40. The summed E-state index contributed by atoms with van der Waals surface area (Å²) >= 11 is 0. The van der Waals surface area contributed by atoms with Crippen LogP contribution in [0.25, 0.3) is 0 Å². The van der Waals surface area contributed by atoms with Crippen molar-refractivity contribution in [3.63, 3.8) is 0 Å². The molecule has 1 rings (SSSR count). The maximum absolute atomic E-state index is 12.3. The van der Waals surface area contributed by atoms with Gasteiger partial charge in [0, 0.05) is 18.8 Å². The molecule has 1 atom stereocenters. The molecule has 8 heteroatoms. The molecule has 21 heavy (non-hydrogen) atoms. The summed E-state index contributed by atoms with van der Waals surface area (Å²) in [5.74, 6) is -1.26. The fourth-order valence-electron chi connectivity index (χ4n) is 1.89. The molecule has 7 nitrogen and oxygen atoms in total. The normalized spacial score (nSPS) is 13.6. The molecule has 0 saturated carbocycles. The number of carbonyl (C=O) groups is 1. The summed E-state index contributed by atoms with van der Waals surface area (Å²) < 4.78 is 28.3. The van der Waals surface area contributed by atoms with Crippen LogP contribution in [0.2, 0.25) is 0 Å². The minimum absolute atomic E-state index is 0.0673. The third-order valence-corrected chi connectivity index (χ3v) is 4.63. The lowest BCUT2D eigenvalue weighted by molar-refractivity contribution is 0.0685. The molecule has 0 aliphatic rings. The summed E-state index contributed by atoms with van der Waals surface area (Å²) in [6.45, 7) is 5.55. The van der Waals surface area contributed by atoms with E-state index in [1.807, 2.05) is 6.92 Å². The molecular formula is C13H22N2O5S. The van der Waals surface area contributed by atoms with Crippen LogP contribution in [-0.4, -0.2) is 41.8 Å². The Labute approximate surface area is 124 Å². The summed E-state index contributed by atoms with van der Waals surface area (Å²) in [4.78, 5) is 11.0. The molecule has 0 bridgehead atoms. The largest absolute Gasteiger partial charge is 0.477 e. The van der Waals surface area contributed by atoms with Crippen LogP contribution in [0.15, 0.2) is 17.2 Å². The lowest BCUT2D eigenvalue weighted by Gasteiger charge is -2.19. The molecule has 0 aliphatic carbocycles. The number of nitrogens with zero attached hydrogens (tertiary/aromatic N) is 1. The van der Waals surface area contributed by atoms with E-state index >= 15 is 0 Å². The highest BCUT2D eigenvalue weighted by molar-refractivity contribution is 7.89. The van der Waals surface area contributed by atoms with Gasteiger partial charge in [0.15, 0.2) is 0 Å². The second-order valence-electron chi connectivity index (χ2n) is 5.21. The molecular weight excluding hydrogens is 296 g/mol. The standard InChI is InChI=1S/C13H22N2O5S/c1-4-5-15-7-10(6-12(15)13(17)18)21(19,20)14-11(8-16)9(2)3/h6-7,9,11,14,16H,4-5,8H2,1-3H3,(H,17,18)/t11-/m1/s1. The number of aliphatic hydroxyl groups excluding tert-OH is 1. The molecule has 0 unspecified atom stereocenters. The third kappa shape index (κ3) is 4.29. The number of hydrogen-bond acceptors (Lipinski definition) is 4. The Bertz CT molecular complexity index is 592. The van der Waals surface area contributed by atoms with Crippen molar-refractivity contribution in [3.8, 4) is 0 Å². The Morgan fingerprint density at radius 1 is 1.43 bits per heavy atom. The predicted molar refractivity (Wildman–Crippen MR) is 77.7 cm³/mol. The van der Waals surface area contributed by atoms with Crippen LogP contribution in [0, 0.1) is 5.92 Å². The van der Waals surface area contributed by atoms with E-state index in [2.05, 4.69) is 4.72 Å². The van der Waals surface area contributed by atoms with Crippen LogP contribution in [0.3, 0.4) is 0 Å². The number of nitrogens with one attached hydrogen (secondary N) is 1. The van der Waals surface area contributed by atoms with Crippen LogP contribution in [0.5, 0.6) is 0 Å². The Balaban J connectivity index is 3.14. The van der Waals surface area contributed by atoms with Gasteiger partial charge in [-0.25, -0.2) is 17.9 Å². The second-order valence-corrected chi connectivity index (χ2v) is 6.93. The van der Waals surface area contributed by atoms with E-state index in [-0.39, 0.29) is 23.1 Å². The molecule has 0 fully saturated rings. The fraction of sp³-hybridized carbons (Fsp3) is 0.615. The first-order chi connectivity index (χ1) is 9.72. The van der Waals surface area contributed by atoms with E-state index in [9.17, 15) is 18.3 Å². The van der Waals surface area contributed by atoms with Crippen molar-refractivity contribution in [1.29, 1.82) is 0 Å². The topological polar surface area (TPSA) is 109 Å². The van der Waals surface area contributed by atoms with E-state index < -0.39 is 22.0 Å². The summed E-state index contributed by atoms with van der Waals surface area (Å²) in [5.41, 5.74) is -0.0673. The zero-order valence-corrected chi connectivity index (χ0v) is 13.2. The SMILES string of the molecule is CCCn1cc(S(=O)(=O)N[C@H](CO)C(C)C)cc1C(=O)O. The number of rotatable bonds is 8. The van der Waals surface area contributed by atoms with E-state index in [4.69, 9.17) is 5.11 Å². The molecule has 120 valence electrons. The van der Waals surface area contributed by atoms with E-state index in [0.29, 0.717) is 13.0 Å². The van der Waals surface area contributed by atoms with Gasteiger partial charge in [-0.05, 0) is 18.4 Å². The monoisotopic (exact) mass is 318 g/mol. The van der Waals surface area contributed by atoms with Crippen LogP contribution in [-0.2, 0) is 16.6 Å². The minimum atomic E-state index is -3.86. The molecule has 3 N–H and O–H groups in total. The molecule has 0 aliphatic heterocycles. The second kappa shape index (κ2) is 7.06. The maximum Gasteiger partial charge on any atom is 0.352 e. The van der Waals surface area contributed by atoms with Gasteiger partial charge in [-0.1, -0.05) is 20.8 Å². The van der Waals surface area contributed by atoms with E-state index in [1.165, 1.54) is 10.8 Å². The first-order valence-electron chi connectivity index (χ1n) is 6.79. The number of sulfonamides is 1. The van der Waals surface area contributed by atoms with Crippen molar-refractivity contribution >= 4 is 16.0 Å². The van der Waals surface area contributed by atoms with E-state index in [1.54, 1.807) is 13.8 Å². The van der Waals surface area contributed by atoms with Gasteiger partial charge in [0.1, 0.15) is 10.6 Å². The number of carboxylic acids is 1. The van der Waals surface area contributed by atoms with Gasteiger partial charge in [-0.2, -0.15) is 0 Å². The number of aryl methyl sites for hydroxylation is 1. The average Bonchev–Trinajstić information content (AvgIpc) is 2.81. The Morgan fingerprint density at radius 3 is 2.48 bits per heavy atom. The Morgan fingerprint density at radius 2 is 2.05 bits per heavy atom. The van der Waals surface area contributed by atoms with Crippen molar-refractivity contribution in [1.82, 2.24) is 9.29 Å². The third-order valence-electron chi connectivity index (χ3n) is 3.17. The first kappa shape index (κ1) is 17.7. The number of aromatic nitrogens is 1. The number of aliphatic hydroxyl groups is 1. The summed E-state index contributed by atoms with van der Waals surface area (Å²) in [5, 5.41) is 18.3. The Hall–Kier alpha value is -1.38. The van der Waals surface area contributed by atoms with E-state index in [0.717, 1.165) is 6.07 Å². The van der Waals surface area contributed by atoms with Crippen molar-refractivity contribution < 1.29 is 23.4 Å². The number of carboxylic acid groups (broad SMARTS) is 1. The van der Waals surface area contributed by atoms with Gasteiger partial charge in [-0.15, -0.1) is 0 Å². The Kier molecular flexibility index (Phi) is 5.94. The van der Waals surface area contributed by atoms with Gasteiger partial charge in [0.05, 0.1) is 6.61 Å². The lowest BCUT2D eigenvalue weighted by atomic mass is 10.1. The van der Waals surface area contributed by atoms with Gasteiger partial charge < -0.3 is 14.8 Å². The van der Waals surface area contributed by atoms with Crippen LogP contribution < -0.4 is 4.72 Å². The number of aromatic carboxylic acids is 1. The highest BCUT2D eigenvalue weighted by Gasteiger charge is 2.25. The van der Waals surface area contributed by atoms with Crippen LogP contribution in [0.1, 0.15) is 37.7 Å². The zero-order chi connectivity index (χ0) is 16.2. The molecule has 0 saturated heterocycles. The van der Waals surface area contributed by atoms with Gasteiger partial charge in [0.25, 0.3) is 0 Å². The van der Waals surface area contributed by atoms with Crippen LogP contribution >= 0.6 is 0 Å². The van der Waals surface area contributed by atoms with Crippen LogP contribution in [0.4, 0.5) is 0 Å². The molecule has 1 heterocycles. The molecule has 1 aromatic heterocycles. The molecule has 0 amide bonds. The summed E-state index contributed by atoms with van der Waals surface area (Å²) in [7, 11) is -3.86. The van der Waals surface area contributed by atoms with Gasteiger partial charge in [0.2, 0.25) is 10.0 Å². The van der Waals surface area contributed by atoms with Gasteiger partial charge in [-0.3, -0.25) is 0 Å². The highest BCUT2D eigenvalue weighted by Crippen LogP contribution is 2.17. The fourth-order valence-corrected chi connectivity index (χ4v) is 3.30. The van der Waals surface area contributed by atoms with Gasteiger partial charge >= 0.3 is 5.97 Å². The zero-order valence-electron chi connectivity index (χ0n) is 12.4. The quantitative estimate of drug-likeness (QED) is 0.659. The highest BCUT2D eigenvalue weighted by atomic mass is 32.2. The number of hydrogen-bond donors (Lipinski definition) is 3. The summed E-state index contributed by atoms with van der Waals surface area (Å²) in [6.07, 6.45) is 2.00. The minimum Gasteiger partial charge on any atom is -0.477 e. The van der Waals surface area contributed by atoms with Crippen molar-refractivity contribution in [2.24, 2.45) is 5.92 Å². The predicted octanol–water partition coefficient (Wildman–Crippen LogP) is 0.891. The molecule has 0 aromatic carbocycles. The van der Waals surface area contributed by atoms with Crippen molar-refractivity contribution in [3.05, 3.63) is 18.0 Å². The molecule has 1 aromatic rings. The summed E-state index contributed by atoms with van der Waals surface area (Å²) in [6, 6.07) is 0.521. The van der Waals surface area contributed by atoms with Crippen molar-refractivity contribution in [2.75, 3.05) is 6.61 Å². The maximum atomic E-state index is 12.3. The smallest absolute Gasteiger partial charge is 0.352 e. The first-order valence-corrected chi connectivity index (χ1v) is 8.27.